The summed E-state index contributed by atoms with van der Waals surface area (Å²) in [5, 5.41) is 10.4. The minimum absolute atomic E-state index is 0.0232. The van der Waals surface area contributed by atoms with Gasteiger partial charge in [0.25, 0.3) is 0 Å². The quantitative estimate of drug-likeness (QED) is 0.704. The second-order valence-electron chi connectivity index (χ2n) is 7.83. The van der Waals surface area contributed by atoms with Gasteiger partial charge in [0.1, 0.15) is 24.3 Å². The fraction of sp³-hybridized carbons (Fsp3) is 0.391. The lowest BCUT2D eigenvalue weighted by molar-refractivity contribution is -0.158. The van der Waals surface area contributed by atoms with Crippen LogP contribution in [-0.4, -0.2) is 58.4 Å². The zero-order valence-electron chi connectivity index (χ0n) is 17.2. The van der Waals surface area contributed by atoms with Crippen LogP contribution in [0.3, 0.4) is 0 Å². The number of carbonyl (C=O) groups excluding carboxylic acids is 2. The van der Waals surface area contributed by atoms with Crippen molar-refractivity contribution in [2.75, 3.05) is 6.61 Å². The summed E-state index contributed by atoms with van der Waals surface area (Å²) >= 11 is 1.14. The van der Waals surface area contributed by atoms with Crippen molar-refractivity contribution < 1.29 is 33.6 Å². The molecule has 4 rings (SSSR count). The Kier molecular flexibility index (Phi) is 6.34. The molecule has 0 spiro atoms. The highest BCUT2D eigenvalue weighted by Crippen LogP contribution is 2.43. The Hall–Kier alpha value is -2.39. The fourth-order valence-electron chi connectivity index (χ4n) is 3.70. The Morgan fingerprint density at radius 1 is 0.935 bits per heavy atom. The highest BCUT2D eigenvalue weighted by Gasteiger charge is 2.56. The number of rotatable bonds is 5. The van der Waals surface area contributed by atoms with Gasteiger partial charge >= 0.3 is 11.9 Å². The van der Waals surface area contributed by atoms with Crippen LogP contribution in [-0.2, 0) is 18.9 Å². The number of hydrogen-bond donors (Lipinski definition) is 1. The Morgan fingerprint density at radius 3 is 2.10 bits per heavy atom. The summed E-state index contributed by atoms with van der Waals surface area (Å²) in [5.41, 5.74) is -0.237. The minimum Gasteiger partial charge on any atom is -0.461 e. The molecule has 5 atom stereocenters. The van der Waals surface area contributed by atoms with Gasteiger partial charge < -0.3 is 24.1 Å². The third-order valence-electron chi connectivity index (χ3n) is 5.09. The number of hydrogen-bond acceptors (Lipinski definition) is 8. The first-order valence-corrected chi connectivity index (χ1v) is 11.0. The van der Waals surface area contributed by atoms with Crippen LogP contribution in [0.5, 0.6) is 0 Å². The lowest BCUT2D eigenvalue weighted by atomic mass is 10.0. The Labute approximate surface area is 184 Å². The van der Waals surface area contributed by atoms with E-state index in [0.29, 0.717) is 11.1 Å². The van der Waals surface area contributed by atoms with Gasteiger partial charge in [-0.25, -0.2) is 9.59 Å². The molecule has 2 aliphatic rings. The molecule has 8 heteroatoms. The van der Waals surface area contributed by atoms with E-state index >= 15 is 0 Å². The maximum Gasteiger partial charge on any atom is 0.338 e. The number of fused-ring (bicyclic) bond motifs is 1. The van der Waals surface area contributed by atoms with E-state index in [0.717, 1.165) is 11.8 Å². The smallest absolute Gasteiger partial charge is 0.338 e. The van der Waals surface area contributed by atoms with Gasteiger partial charge in [0.2, 0.25) is 0 Å². The number of ether oxygens (including phenoxy) is 4. The van der Waals surface area contributed by atoms with E-state index < -0.39 is 41.5 Å². The molecule has 2 aliphatic heterocycles. The van der Waals surface area contributed by atoms with Gasteiger partial charge in [-0.1, -0.05) is 36.4 Å². The van der Waals surface area contributed by atoms with Gasteiger partial charge in [-0.3, -0.25) is 0 Å². The van der Waals surface area contributed by atoms with Gasteiger partial charge in [-0.15, -0.1) is 11.8 Å². The topological polar surface area (TPSA) is 91.3 Å². The summed E-state index contributed by atoms with van der Waals surface area (Å²) in [6, 6.07) is 17.2. The number of benzene rings is 2. The summed E-state index contributed by atoms with van der Waals surface area (Å²) in [6.07, 6.45) is -2.15. The van der Waals surface area contributed by atoms with Crippen LogP contribution in [0.2, 0.25) is 0 Å². The van der Waals surface area contributed by atoms with E-state index in [1.54, 1.807) is 68.4 Å². The zero-order chi connectivity index (χ0) is 22.0. The average Bonchev–Trinajstić information content (AvgIpc) is 3.10. The lowest BCUT2D eigenvalue weighted by Crippen LogP contribution is -2.54. The van der Waals surface area contributed by atoms with Crippen LogP contribution in [0, 0.1) is 0 Å². The molecule has 1 N–H and O–H groups in total. The largest absolute Gasteiger partial charge is 0.461 e. The Balaban J connectivity index is 1.46. The standard InChI is InChI=1S/C23H24O7S/c1-23(2)29-17-16(13-27-20(24)14-9-5-3-6-10-14)31-22(26)19(18(17)30-23)28-21(25)15-11-7-4-8-12-15/h3-12,16-19,22,26H,13H2,1-2H3. The molecule has 164 valence electrons. The normalized spacial score (nSPS) is 29.1. The molecule has 0 amide bonds. The molecule has 2 aromatic rings. The predicted octanol–water partition coefficient (Wildman–Crippen LogP) is 3.02. The zero-order valence-corrected chi connectivity index (χ0v) is 18.0. The summed E-state index contributed by atoms with van der Waals surface area (Å²) in [5.74, 6) is -1.94. The van der Waals surface area contributed by atoms with Crippen molar-refractivity contribution in [3.05, 3.63) is 71.8 Å². The molecule has 5 unspecified atom stereocenters. The number of carbonyl (C=O) groups is 2. The van der Waals surface area contributed by atoms with Gasteiger partial charge in [0, 0.05) is 0 Å². The molecular formula is C23H24O7S. The van der Waals surface area contributed by atoms with Gasteiger partial charge in [0.05, 0.1) is 16.4 Å². The minimum atomic E-state index is -1.06. The Morgan fingerprint density at radius 2 is 1.48 bits per heavy atom. The monoisotopic (exact) mass is 444 g/mol. The van der Waals surface area contributed by atoms with Crippen LogP contribution in [0.15, 0.2) is 60.7 Å². The van der Waals surface area contributed by atoms with E-state index in [2.05, 4.69) is 0 Å². The maximum absolute atomic E-state index is 12.6. The summed E-state index contributed by atoms with van der Waals surface area (Å²) in [4.78, 5) is 24.9. The molecule has 0 saturated carbocycles. The first kappa shape index (κ1) is 21.8. The second kappa shape index (κ2) is 9.00. The third-order valence-corrected chi connectivity index (χ3v) is 6.39. The van der Waals surface area contributed by atoms with E-state index in [1.165, 1.54) is 0 Å². The van der Waals surface area contributed by atoms with Crippen LogP contribution in [0.1, 0.15) is 34.6 Å². The number of aliphatic hydroxyl groups is 1. The first-order valence-electron chi connectivity index (χ1n) is 10.0. The van der Waals surface area contributed by atoms with Crippen molar-refractivity contribution in [3.8, 4) is 0 Å². The highest BCUT2D eigenvalue weighted by molar-refractivity contribution is 8.00. The van der Waals surface area contributed by atoms with Gasteiger partial charge in [0.15, 0.2) is 11.9 Å². The third kappa shape index (κ3) is 4.93. The summed E-state index contributed by atoms with van der Waals surface area (Å²) in [6.45, 7) is 3.53. The van der Waals surface area contributed by atoms with E-state index in [9.17, 15) is 14.7 Å². The molecule has 7 nitrogen and oxygen atoms in total. The van der Waals surface area contributed by atoms with Crippen LogP contribution < -0.4 is 0 Å². The molecular weight excluding hydrogens is 420 g/mol. The van der Waals surface area contributed by atoms with Crippen molar-refractivity contribution in [1.29, 1.82) is 0 Å². The van der Waals surface area contributed by atoms with Crippen molar-refractivity contribution in [2.45, 2.75) is 48.6 Å². The average molecular weight is 445 g/mol. The number of aliphatic hydroxyl groups excluding tert-OH is 1. The van der Waals surface area contributed by atoms with E-state index in [1.807, 2.05) is 6.07 Å². The molecule has 2 fully saturated rings. The van der Waals surface area contributed by atoms with Gasteiger partial charge in [-0.2, -0.15) is 0 Å². The second-order valence-corrected chi connectivity index (χ2v) is 9.19. The van der Waals surface area contributed by atoms with Crippen molar-refractivity contribution in [3.63, 3.8) is 0 Å². The predicted molar refractivity (Wildman–Crippen MR) is 114 cm³/mol. The Bertz CT molecular complexity index is 918. The number of thioether (sulfide) groups is 1. The van der Waals surface area contributed by atoms with Crippen molar-refractivity contribution >= 4 is 23.7 Å². The van der Waals surface area contributed by atoms with Crippen molar-refractivity contribution in [2.24, 2.45) is 0 Å². The summed E-state index contributed by atoms with van der Waals surface area (Å²) < 4.78 is 23.1. The fourth-order valence-corrected chi connectivity index (χ4v) is 4.93. The molecule has 2 heterocycles. The summed E-state index contributed by atoms with van der Waals surface area (Å²) in [7, 11) is 0. The number of esters is 2. The molecule has 31 heavy (non-hydrogen) atoms. The molecule has 0 aromatic heterocycles. The molecule has 2 saturated heterocycles. The highest BCUT2D eigenvalue weighted by atomic mass is 32.2. The molecule has 0 radical (unpaired) electrons. The van der Waals surface area contributed by atoms with Crippen LogP contribution in [0.4, 0.5) is 0 Å². The van der Waals surface area contributed by atoms with Crippen molar-refractivity contribution in [1.82, 2.24) is 0 Å². The van der Waals surface area contributed by atoms with E-state index in [-0.39, 0.29) is 11.9 Å². The SMILES string of the molecule is CC1(C)OC2C(COC(=O)c3ccccc3)SC(O)C(OC(=O)c3ccccc3)C2O1. The van der Waals surface area contributed by atoms with Gasteiger partial charge in [-0.05, 0) is 38.1 Å². The molecule has 2 aromatic carbocycles. The lowest BCUT2D eigenvalue weighted by Gasteiger charge is -2.38. The molecule has 0 bridgehead atoms. The maximum atomic E-state index is 12.6. The first-order chi connectivity index (χ1) is 14.8. The van der Waals surface area contributed by atoms with Crippen LogP contribution in [0.25, 0.3) is 0 Å². The van der Waals surface area contributed by atoms with E-state index in [4.69, 9.17) is 18.9 Å². The molecule has 0 aliphatic carbocycles. The van der Waals surface area contributed by atoms with Crippen LogP contribution >= 0.6 is 11.8 Å².